The van der Waals surface area contributed by atoms with Gasteiger partial charge in [0.2, 0.25) is 5.88 Å². The van der Waals surface area contributed by atoms with Gasteiger partial charge in [0, 0.05) is 30.6 Å². The van der Waals surface area contributed by atoms with Gasteiger partial charge in [0.05, 0.1) is 24.7 Å². The number of hydrogen-bond acceptors (Lipinski definition) is 5. The Morgan fingerprint density at radius 1 is 1.20 bits per heavy atom. The molecule has 3 heterocycles. The highest BCUT2D eigenvalue weighted by Gasteiger charge is 2.29. The highest BCUT2D eigenvalue weighted by Crippen LogP contribution is 2.27. The molecule has 1 atom stereocenters. The predicted molar refractivity (Wildman–Crippen MR) is 113 cm³/mol. The van der Waals surface area contributed by atoms with Crippen LogP contribution in [0, 0.1) is 0 Å². The topological polar surface area (TPSA) is 77.3 Å². The Kier molecular flexibility index (Phi) is 5.88. The lowest BCUT2D eigenvalue weighted by atomic mass is 9.99. The maximum absolute atomic E-state index is 13.3. The van der Waals surface area contributed by atoms with Gasteiger partial charge in [0.25, 0.3) is 5.91 Å². The van der Waals surface area contributed by atoms with Gasteiger partial charge in [-0.05, 0) is 31.4 Å². The van der Waals surface area contributed by atoms with Gasteiger partial charge >= 0.3 is 0 Å². The summed E-state index contributed by atoms with van der Waals surface area (Å²) in [4.78, 5) is 30.5. The van der Waals surface area contributed by atoms with Crippen LogP contribution in [0.15, 0.2) is 54.7 Å². The van der Waals surface area contributed by atoms with Crippen LogP contribution >= 0.6 is 0 Å². The standard InChI is InChI=1S/C23H24N4O3/c1-30-22-11-10-19(16-24-22)27-21(17-7-3-2-4-8-17)15-20(25-27)23(29)26-13-6-5-9-18(26)12-14-28/h2-4,7-8,10-11,14-16,18H,5-6,9,12-13H2,1H3. The van der Waals surface area contributed by atoms with Crippen LogP contribution in [-0.4, -0.2) is 51.6 Å². The van der Waals surface area contributed by atoms with Crippen LogP contribution in [0.25, 0.3) is 16.9 Å². The third kappa shape index (κ3) is 3.96. The Labute approximate surface area is 175 Å². The van der Waals surface area contributed by atoms with Crippen LogP contribution in [-0.2, 0) is 4.79 Å². The lowest BCUT2D eigenvalue weighted by Crippen LogP contribution is -2.44. The van der Waals surface area contributed by atoms with Crippen molar-refractivity contribution in [2.45, 2.75) is 31.7 Å². The molecule has 1 aromatic carbocycles. The molecule has 1 fully saturated rings. The lowest BCUT2D eigenvalue weighted by Gasteiger charge is -2.34. The third-order valence-corrected chi connectivity index (χ3v) is 5.43. The highest BCUT2D eigenvalue weighted by molar-refractivity contribution is 5.94. The van der Waals surface area contributed by atoms with E-state index in [1.54, 1.807) is 29.0 Å². The number of methoxy groups -OCH3 is 1. The summed E-state index contributed by atoms with van der Waals surface area (Å²) >= 11 is 0. The smallest absolute Gasteiger partial charge is 0.274 e. The number of rotatable bonds is 6. The summed E-state index contributed by atoms with van der Waals surface area (Å²) in [6, 6.07) is 15.2. The molecular formula is C23H24N4O3. The zero-order valence-corrected chi connectivity index (χ0v) is 16.9. The van der Waals surface area contributed by atoms with Crippen molar-refractivity contribution in [2.75, 3.05) is 13.7 Å². The molecule has 0 saturated carbocycles. The summed E-state index contributed by atoms with van der Waals surface area (Å²) < 4.78 is 6.88. The number of amides is 1. The van der Waals surface area contributed by atoms with Crippen molar-refractivity contribution >= 4 is 12.2 Å². The summed E-state index contributed by atoms with van der Waals surface area (Å²) in [6.07, 6.45) is 5.74. The van der Waals surface area contributed by atoms with Crippen LogP contribution < -0.4 is 4.74 Å². The van der Waals surface area contributed by atoms with Crippen molar-refractivity contribution in [3.05, 3.63) is 60.4 Å². The van der Waals surface area contributed by atoms with Crippen molar-refractivity contribution in [1.82, 2.24) is 19.7 Å². The molecule has 0 radical (unpaired) electrons. The van der Waals surface area contributed by atoms with Gasteiger partial charge in [-0.3, -0.25) is 4.79 Å². The number of pyridine rings is 1. The molecule has 154 valence electrons. The predicted octanol–water partition coefficient (Wildman–Crippen LogP) is 3.53. The van der Waals surface area contributed by atoms with E-state index in [4.69, 9.17) is 4.74 Å². The fraction of sp³-hybridized carbons (Fsp3) is 0.304. The molecular weight excluding hydrogens is 380 g/mol. The van der Waals surface area contributed by atoms with E-state index in [9.17, 15) is 9.59 Å². The minimum Gasteiger partial charge on any atom is -0.481 e. The van der Waals surface area contributed by atoms with E-state index in [1.807, 2.05) is 42.5 Å². The summed E-state index contributed by atoms with van der Waals surface area (Å²) in [5.74, 6) is 0.368. The van der Waals surface area contributed by atoms with Crippen LogP contribution in [0.5, 0.6) is 5.88 Å². The van der Waals surface area contributed by atoms with Crippen LogP contribution in [0.1, 0.15) is 36.2 Å². The molecule has 0 bridgehead atoms. The first-order valence-corrected chi connectivity index (χ1v) is 10.1. The highest BCUT2D eigenvalue weighted by atomic mass is 16.5. The fourth-order valence-corrected chi connectivity index (χ4v) is 3.89. The average Bonchev–Trinajstić information content (AvgIpc) is 3.25. The van der Waals surface area contributed by atoms with E-state index in [0.29, 0.717) is 24.5 Å². The molecule has 1 aliphatic rings. The molecule has 0 aliphatic carbocycles. The maximum atomic E-state index is 13.3. The summed E-state index contributed by atoms with van der Waals surface area (Å²) in [6.45, 7) is 0.648. The Morgan fingerprint density at radius 3 is 2.73 bits per heavy atom. The second-order valence-electron chi connectivity index (χ2n) is 7.30. The number of nitrogens with zero attached hydrogens (tertiary/aromatic N) is 4. The summed E-state index contributed by atoms with van der Waals surface area (Å²) in [5, 5.41) is 4.64. The minimum atomic E-state index is -0.140. The molecule has 0 N–H and O–H groups in total. The molecule has 30 heavy (non-hydrogen) atoms. The molecule has 3 aromatic rings. The quantitative estimate of drug-likeness (QED) is 0.588. The van der Waals surface area contributed by atoms with Crippen LogP contribution in [0.2, 0.25) is 0 Å². The fourth-order valence-electron chi connectivity index (χ4n) is 3.89. The second-order valence-corrected chi connectivity index (χ2v) is 7.30. The van der Waals surface area contributed by atoms with Gasteiger partial charge in [-0.25, -0.2) is 9.67 Å². The van der Waals surface area contributed by atoms with Crippen molar-refractivity contribution in [3.63, 3.8) is 0 Å². The van der Waals surface area contributed by atoms with Gasteiger partial charge in [-0.1, -0.05) is 30.3 Å². The molecule has 4 rings (SSSR count). The van der Waals surface area contributed by atoms with E-state index in [2.05, 4.69) is 10.1 Å². The summed E-state index contributed by atoms with van der Waals surface area (Å²) in [7, 11) is 1.57. The number of ether oxygens (including phenoxy) is 1. The number of piperidine rings is 1. The van der Waals surface area contributed by atoms with Gasteiger partial charge in [-0.15, -0.1) is 0 Å². The van der Waals surface area contributed by atoms with Crippen molar-refractivity contribution in [3.8, 4) is 22.8 Å². The first kappa shape index (κ1) is 19.8. The first-order valence-electron chi connectivity index (χ1n) is 10.1. The molecule has 2 aromatic heterocycles. The van der Waals surface area contributed by atoms with Gasteiger partial charge in [-0.2, -0.15) is 5.10 Å². The Hall–Kier alpha value is -3.48. The molecule has 7 heteroatoms. The largest absolute Gasteiger partial charge is 0.481 e. The van der Waals surface area contributed by atoms with Crippen molar-refractivity contribution < 1.29 is 14.3 Å². The molecule has 1 saturated heterocycles. The molecule has 0 spiro atoms. The SMILES string of the molecule is COc1ccc(-n2nc(C(=O)N3CCCCC3CC=O)cc2-c2ccccc2)cn1. The minimum absolute atomic E-state index is 0.0586. The van der Waals surface area contributed by atoms with E-state index < -0.39 is 0 Å². The number of aldehydes is 1. The Morgan fingerprint density at radius 2 is 2.03 bits per heavy atom. The van der Waals surface area contributed by atoms with Crippen LogP contribution in [0.4, 0.5) is 0 Å². The number of likely N-dealkylation sites (tertiary alicyclic amines) is 1. The zero-order valence-electron chi connectivity index (χ0n) is 16.9. The monoisotopic (exact) mass is 404 g/mol. The molecule has 1 unspecified atom stereocenters. The number of carbonyl (C=O) groups excluding carboxylic acids is 2. The number of aromatic nitrogens is 3. The van der Waals surface area contributed by atoms with Crippen LogP contribution in [0.3, 0.4) is 0 Å². The third-order valence-electron chi connectivity index (χ3n) is 5.43. The van der Waals surface area contributed by atoms with Crippen molar-refractivity contribution in [1.29, 1.82) is 0 Å². The maximum Gasteiger partial charge on any atom is 0.274 e. The number of carbonyl (C=O) groups is 2. The molecule has 1 amide bonds. The summed E-state index contributed by atoms with van der Waals surface area (Å²) in [5.41, 5.74) is 2.84. The normalized spacial score (nSPS) is 16.3. The Balaban J connectivity index is 1.74. The lowest BCUT2D eigenvalue weighted by molar-refractivity contribution is -0.108. The van der Waals surface area contributed by atoms with E-state index in [1.165, 1.54) is 0 Å². The van der Waals surface area contributed by atoms with E-state index >= 15 is 0 Å². The number of benzene rings is 1. The molecule has 1 aliphatic heterocycles. The van der Waals surface area contributed by atoms with Gasteiger partial charge < -0.3 is 14.4 Å². The first-order chi connectivity index (χ1) is 14.7. The van der Waals surface area contributed by atoms with E-state index in [0.717, 1.165) is 42.5 Å². The van der Waals surface area contributed by atoms with E-state index in [-0.39, 0.29) is 11.9 Å². The average molecular weight is 404 g/mol. The van der Waals surface area contributed by atoms with Crippen molar-refractivity contribution in [2.24, 2.45) is 0 Å². The number of hydrogen-bond donors (Lipinski definition) is 0. The molecule has 7 nitrogen and oxygen atoms in total. The zero-order chi connectivity index (χ0) is 20.9. The second kappa shape index (κ2) is 8.90. The van der Waals surface area contributed by atoms with Gasteiger partial charge in [0.1, 0.15) is 6.29 Å². The van der Waals surface area contributed by atoms with Gasteiger partial charge in [0.15, 0.2) is 5.69 Å². The Bertz CT molecular complexity index is 1010.